The normalized spacial score (nSPS) is 15.7. The first-order valence-electron chi connectivity index (χ1n) is 9.30. The number of carbonyl (C=O) groups excluding carboxylic acids is 1. The monoisotopic (exact) mass is 399 g/mol. The number of ether oxygens (including phenoxy) is 2. The molecular formula is C22H26FN3O3. The molecule has 1 aliphatic rings. The summed E-state index contributed by atoms with van der Waals surface area (Å²) in [6, 6.07) is 11.1. The molecule has 1 aliphatic heterocycles. The van der Waals surface area contributed by atoms with E-state index in [4.69, 9.17) is 20.9 Å². The summed E-state index contributed by atoms with van der Waals surface area (Å²) in [5.41, 5.74) is 11.9. The molecule has 1 unspecified atom stereocenters. The maximum atomic E-state index is 13.7. The Morgan fingerprint density at radius 2 is 1.93 bits per heavy atom. The maximum absolute atomic E-state index is 13.7. The lowest BCUT2D eigenvalue weighted by Gasteiger charge is -2.33. The second-order valence-electron chi connectivity index (χ2n) is 8.19. The predicted molar refractivity (Wildman–Crippen MR) is 109 cm³/mol. The largest absolute Gasteiger partial charge is 0.458 e. The molecule has 6 nitrogen and oxygen atoms in total. The van der Waals surface area contributed by atoms with E-state index >= 15 is 0 Å². The van der Waals surface area contributed by atoms with Crippen LogP contribution in [0.2, 0.25) is 0 Å². The summed E-state index contributed by atoms with van der Waals surface area (Å²) in [6.07, 6.45) is 0.0592. The van der Waals surface area contributed by atoms with E-state index in [2.05, 4.69) is 5.32 Å². The van der Waals surface area contributed by atoms with Crippen LogP contribution < -0.4 is 21.5 Å². The van der Waals surface area contributed by atoms with Crippen molar-refractivity contribution >= 4 is 11.7 Å². The van der Waals surface area contributed by atoms with Crippen LogP contribution >= 0.6 is 0 Å². The third-order valence-electron chi connectivity index (χ3n) is 4.54. The molecular weight excluding hydrogens is 373 g/mol. The summed E-state index contributed by atoms with van der Waals surface area (Å²) in [5, 5.41) is 3.05. The van der Waals surface area contributed by atoms with Crippen molar-refractivity contribution in [3.8, 4) is 5.75 Å². The molecule has 2 aromatic rings. The molecule has 2 aromatic carbocycles. The van der Waals surface area contributed by atoms with Crippen molar-refractivity contribution in [2.45, 2.75) is 45.3 Å². The quantitative estimate of drug-likeness (QED) is 0.681. The first-order chi connectivity index (χ1) is 13.5. The molecule has 29 heavy (non-hydrogen) atoms. The van der Waals surface area contributed by atoms with Crippen molar-refractivity contribution < 1.29 is 18.7 Å². The average Bonchev–Trinajstić information content (AvgIpc) is 2.60. The smallest absolute Gasteiger partial charge is 0.331 e. The summed E-state index contributed by atoms with van der Waals surface area (Å²) < 4.78 is 25.0. The fourth-order valence-corrected chi connectivity index (χ4v) is 3.08. The van der Waals surface area contributed by atoms with Crippen LogP contribution in [0, 0.1) is 5.82 Å². The molecule has 0 aromatic heterocycles. The van der Waals surface area contributed by atoms with E-state index in [1.54, 1.807) is 58.0 Å². The van der Waals surface area contributed by atoms with Crippen molar-refractivity contribution in [1.82, 2.24) is 0 Å². The maximum Gasteiger partial charge on any atom is 0.331 e. The minimum atomic E-state index is -1.54. The van der Waals surface area contributed by atoms with Crippen LogP contribution in [0.15, 0.2) is 54.0 Å². The molecule has 0 radical (unpaired) electrons. The van der Waals surface area contributed by atoms with Gasteiger partial charge in [-0.3, -0.25) is 0 Å². The number of allylic oxidation sites excluding steroid dienone is 1. The zero-order valence-electron chi connectivity index (χ0n) is 17.0. The number of nitrogens with one attached hydrogen (secondary N) is 1. The van der Waals surface area contributed by atoms with Gasteiger partial charge >= 0.3 is 5.97 Å². The van der Waals surface area contributed by atoms with Crippen LogP contribution in [0.5, 0.6) is 5.75 Å². The van der Waals surface area contributed by atoms with E-state index in [1.807, 2.05) is 0 Å². The predicted octanol–water partition coefficient (Wildman–Crippen LogP) is 3.52. The van der Waals surface area contributed by atoms with E-state index in [-0.39, 0.29) is 6.42 Å². The Labute approximate surface area is 169 Å². The Bertz CT molecular complexity index is 982. The number of esters is 1. The van der Waals surface area contributed by atoms with Gasteiger partial charge in [0.15, 0.2) is 5.75 Å². The molecule has 0 saturated heterocycles. The van der Waals surface area contributed by atoms with Gasteiger partial charge in [-0.05, 0) is 63.1 Å². The second kappa shape index (κ2) is 7.40. The molecule has 0 bridgehead atoms. The van der Waals surface area contributed by atoms with Gasteiger partial charge in [-0.2, -0.15) is 0 Å². The number of hydrogen-bond donors (Lipinski definition) is 3. The molecule has 0 fully saturated rings. The van der Waals surface area contributed by atoms with Crippen molar-refractivity contribution in [3.63, 3.8) is 0 Å². The first-order valence-corrected chi connectivity index (χ1v) is 9.30. The third-order valence-corrected chi connectivity index (χ3v) is 4.54. The number of carbonyl (C=O) groups is 1. The number of fused-ring (bicyclic) bond motifs is 1. The molecule has 0 aliphatic carbocycles. The Morgan fingerprint density at radius 3 is 2.59 bits per heavy atom. The lowest BCUT2D eigenvalue weighted by atomic mass is 9.84. The van der Waals surface area contributed by atoms with Crippen LogP contribution in [0.1, 0.15) is 38.8 Å². The number of hydrogen-bond acceptors (Lipinski definition) is 6. The number of halogens is 1. The summed E-state index contributed by atoms with van der Waals surface area (Å²) in [5.74, 6) is 0.488. The van der Waals surface area contributed by atoms with E-state index < -0.39 is 22.9 Å². The van der Waals surface area contributed by atoms with Gasteiger partial charge in [-0.15, -0.1) is 0 Å². The molecule has 5 N–H and O–H groups in total. The van der Waals surface area contributed by atoms with Crippen molar-refractivity contribution in [2.24, 2.45) is 11.5 Å². The van der Waals surface area contributed by atoms with Crippen molar-refractivity contribution in [1.29, 1.82) is 0 Å². The van der Waals surface area contributed by atoms with Gasteiger partial charge in [0, 0.05) is 6.42 Å². The molecule has 0 saturated carbocycles. The van der Waals surface area contributed by atoms with Gasteiger partial charge in [0.1, 0.15) is 28.5 Å². The van der Waals surface area contributed by atoms with E-state index in [1.165, 1.54) is 12.1 Å². The standard InChI is InChI=1S/C22H26FN3O3/c1-13-19(24)26-17-11-15(8-9-18(17)28-13)22(25,20(27)29-21(2,3)4)12-14-6-5-7-16(23)10-14/h5-11,26H,12,24-25H2,1-4H3. The first kappa shape index (κ1) is 20.7. The van der Waals surface area contributed by atoms with E-state index in [0.717, 1.165) is 0 Å². The van der Waals surface area contributed by atoms with Crippen LogP contribution in [0.3, 0.4) is 0 Å². The Hall–Kier alpha value is -3.06. The topological polar surface area (TPSA) is 99.6 Å². The molecule has 0 spiro atoms. The van der Waals surface area contributed by atoms with Gasteiger partial charge in [-0.25, -0.2) is 9.18 Å². The van der Waals surface area contributed by atoms with Gasteiger partial charge in [0.25, 0.3) is 0 Å². The van der Waals surface area contributed by atoms with Crippen LogP contribution in [-0.2, 0) is 21.5 Å². The number of nitrogens with two attached hydrogens (primary N) is 2. The average molecular weight is 399 g/mol. The Kier molecular flexibility index (Phi) is 5.28. The molecule has 3 rings (SSSR count). The lowest BCUT2D eigenvalue weighted by molar-refractivity contribution is -0.162. The highest BCUT2D eigenvalue weighted by molar-refractivity contribution is 5.84. The fraction of sp³-hybridized carbons (Fsp3) is 0.318. The fourth-order valence-electron chi connectivity index (χ4n) is 3.08. The summed E-state index contributed by atoms with van der Waals surface area (Å²) in [6.45, 7) is 7.05. The lowest BCUT2D eigenvalue weighted by Crippen LogP contribution is -2.50. The van der Waals surface area contributed by atoms with Crippen LogP contribution in [0.25, 0.3) is 0 Å². The van der Waals surface area contributed by atoms with Gasteiger partial charge in [-0.1, -0.05) is 18.2 Å². The molecule has 1 atom stereocenters. The van der Waals surface area contributed by atoms with Gasteiger partial charge in [0.2, 0.25) is 0 Å². The number of benzene rings is 2. The SMILES string of the molecule is CC1=C(N)Nc2cc(C(N)(Cc3cccc(F)c3)C(=O)OC(C)(C)C)ccc2O1. The van der Waals surface area contributed by atoms with Crippen molar-refractivity contribution in [2.75, 3.05) is 5.32 Å². The minimum absolute atomic E-state index is 0.0592. The van der Waals surface area contributed by atoms with Crippen LogP contribution in [-0.4, -0.2) is 11.6 Å². The summed E-state index contributed by atoms with van der Waals surface area (Å²) >= 11 is 0. The second-order valence-corrected chi connectivity index (χ2v) is 8.19. The highest BCUT2D eigenvalue weighted by atomic mass is 19.1. The third kappa shape index (κ3) is 4.51. The molecule has 0 amide bonds. The van der Waals surface area contributed by atoms with Gasteiger partial charge < -0.3 is 26.3 Å². The zero-order valence-corrected chi connectivity index (χ0v) is 17.0. The zero-order chi connectivity index (χ0) is 21.4. The minimum Gasteiger partial charge on any atom is -0.458 e. The Balaban J connectivity index is 2.04. The van der Waals surface area contributed by atoms with Gasteiger partial charge in [0.05, 0.1) is 5.69 Å². The van der Waals surface area contributed by atoms with E-state index in [0.29, 0.717) is 34.1 Å². The number of anilines is 1. The van der Waals surface area contributed by atoms with Crippen molar-refractivity contribution in [3.05, 3.63) is 71.0 Å². The molecule has 7 heteroatoms. The van der Waals surface area contributed by atoms with Crippen LogP contribution in [0.4, 0.5) is 10.1 Å². The van der Waals surface area contributed by atoms with E-state index in [9.17, 15) is 9.18 Å². The Morgan fingerprint density at radius 1 is 1.21 bits per heavy atom. The molecule has 1 heterocycles. The highest BCUT2D eigenvalue weighted by Gasteiger charge is 2.40. The number of rotatable bonds is 4. The summed E-state index contributed by atoms with van der Waals surface area (Å²) in [4.78, 5) is 13.1. The summed E-state index contributed by atoms with van der Waals surface area (Å²) in [7, 11) is 0. The highest BCUT2D eigenvalue weighted by Crippen LogP contribution is 2.36. The molecule has 154 valence electrons.